The van der Waals surface area contributed by atoms with Crippen molar-refractivity contribution in [2.75, 3.05) is 5.32 Å². The largest absolute Gasteiger partial charge is 0.362 e. The molecule has 21 heavy (non-hydrogen) atoms. The molecule has 3 rings (SSSR count). The van der Waals surface area contributed by atoms with Gasteiger partial charge in [0.25, 0.3) is 5.56 Å². The molecule has 0 fully saturated rings. The van der Waals surface area contributed by atoms with Crippen LogP contribution in [-0.2, 0) is 12.8 Å². The fourth-order valence-corrected chi connectivity index (χ4v) is 2.94. The van der Waals surface area contributed by atoms with E-state index in [9.17, 15) is 4.79 Å². The smallest absolute Gasteiger partial charge is 0.293 e. The summed E-state index contributed by atoms with van der Waals surface area (Å²) in [7, 11) is 0. The molecule has 4 nitrogen and oxygen atoms in total. The number of benzene rings is 1. The van der Waals surface area contributed by atoms with E-state index in [4.69, 9.17) is 0 Å². The first-order chi connectivity index (χ1) is 10.1. The van der Waals surface area contributed by atoms with Crippen molar-refractivity contribution in [2.24, 2.45) is 0 Å². The van der Waals surface area contributed by atoms with Crippen LogP contribution in [0.3, 0.4) is 0 Å². The van der Waals surface area contributed by atoms with Gasteiger partial charge in [0.2, 0.25) is 0 Å². The van der Waals surface area contributed by atoms with Gasteiger partial charge >= 0.3 is 0 Å². The van der Waals surface area contributed by atoms with Crippen LogP contribution in [0.4, 0.5) is 5.82 Å². The topological polar surface area (TPSA) is 46.9 Å². The summed E-state index contributed by atoms with van der Waals surface area (Å²) in [6.07, 6.45) is 6.48. The molecule has 0 aliphatic heterocycles. The van der Waals surface area contributed by atoms with Gasteiger partial charge in [0.1, 0.15) is 0 Å². The molecule has 1 atom stereocenters. The van der Waals surface area contributed by atoms with E-state index in [-0.39, 0.29) is 17.6 Å². The maximum atomic E-state index is 12.4. The molecule has 0 spiro atoms. The standard InChI is InChI=1S/C17H21N3O/c1-12(2)20-10-9-18-16(17(20)21)19-15-8-7-13-5-3-4-6-14(13)11-15/h3-6,9-10,12,15H,7-8,11H2,1-2H3,(H,18,19). The molecular weight excluding hydrogens is 262 g/mol. The Labute approximate surface area is 124 Å². The Morgan fingerprint density at radius 3 is 2.81 bits per heavy atom. The number of nitrogens with zero attached hydrogens (tertiary/aromatic N) is 2. The zero-order valence-corrected chi connectivity index (χ0v) is 12.5. The second kappa shape index (κ2) is 5.72. The van der Waals surface area contributed by atoms with Gasteiger partial charge in [-0.3, -0.25) is 4.79 Å². The molecule has 4 heteroatoms. The molecule has 1 N–H and O–H groups in total. The van der Waals surface area contributed by atoms with Crippen LogP contribution in [0.2, 0.25) is 0 Å². The summed E-state index contributed by atoms with van der Waals surface area (Å²) in [5.74, 6) is 0.468. The van der Waals surface area contributed by atoms with Gasteiger partial charge in [-0.05, 0) is 44.2 Å². The van der Waals surface area contributed by atoms with Crippen LogP contribution in [0.5, 0.6) is 0 Å². The highest BCUT2D eigenvalue weighted by molar-refractivity contribution is 5.37. The number of fused-ring (bicyclic) bond motifs is 1. The van der Waals surface area contributed by atoms with Crippen molar-refractivity contribution in [3.05, 3.63) is 58.1 Å². The molecule has 0 saturated heterocycles. The van der Waals surface area contributed by atoms with E-state index in [0.29, 0.717) is 5.82 Å². The maximum Gasteiger partial charge on any atom is 0.293 e. The van der Waals surface area contributed by atoms with Gasteiger partial charge in [-0.25, -0.2) is 4.98 Å². The van der Waals surface area contributed by atoms with Crippen LogP contribution in [0, 0.1) is 0 Å². The lowest BCUT2D eigenvalue weighted by atomic mass is 9.88. The molecule has 0 radical (unpaired) electrons. The second-order valence-electron chi connectivity index (χ2n) is 5.93. The van der Waals surface area contributed by atoms with Gasteiger partial charge in [0, 0.05) is 24.5 Å². The number of nitrogens with one attached hydrogen (secondary N) is 1. The van der Waals surface area contributed by atoms with Crippen molar-refractivity contribution in [3.63, 3.8) is 0 Å². The monoisotopic (exact) mass is 283 g/mol. The van der Waals surface area contributed by atoms with E-state index >= 15 is 0 Å². The molecular formula is C17H21N3O. The molecule has 0 bridgehead atoms. The van der Waals surface area contributed by atoms with Crippen molar-refractivity contribution >= 4 is 5.82 Å². The molecule has 1 unspecified atom stereocenters. The minimum absolute atomic E-state index is 0.0358. The zero-order valence-electron chi connectivity index (χ0n) is 12.5. The van der Waals surface area contributed by atoms with Gasteiger partial charge < -0.3 is 9.88 Å². The summed E-state index contributed by atoms with van der Waals surface area (Å²) >= 11 is 0. The zero-order chi connectivity index (χ0) is 14.8. The number of aryl methyl sites for hydroxylation is 1. The predicted octanol–water partition coefficient (Wildman–Crippen LogP) is 2.79. The molecule has 2 aromatic rings. The lowest BCUT2D eigenvalue weighted by Gasteiger charge is -2.25. The highest BCUT2D eigenvalue weighted by Gasteiger charge is 2.19. The third kappa shape index (κ3) is 2.84. The lowest BCUT2D eigenvalue weighted by molar-refractivity contribution is 0.568. The number of hydrogen-bond donors (Lipinski definition) is 1. The minimum Gasteiger partial charge on any atom is -0.362 e. The van der Waals surface area contributed by atoms with Gasteiger partial charge in [-0.15, -0.1) is 0 Å². The quantitative estimate of drug-likeness (QED) is 0.942. The summed E-state index contributed by atoms with van der Waals surface area (Å²) in [5.41, 5.74) is 2.77. The van der Waals surface area contributed by atoms with Crippen LogP contribution < -0.4 is 10.9 Å². The first kappa shape index (κ1) is 13.9. The molecule has 1 aromatic carbocycles. The van der Waals surface area contributed by atoms with Gasteiger partial charge in [0.05, 0.1) is 0 Å². The summed E-state index contributed by atoms with van der Waals surface area (Å²) < 4.78 is 1.71. The van der Waals surface area contributed by atoms with Crippen LogP contribution in [0.25, 0.3) is 0 Å². The molecule has 1 aromatic heterocycles. The first-order valence-electron chi connectivity index (χ1n) is 7.55. The third-order valence-electron chi connectivity index (χ3n) is 4.11. The molecule has 0 amide bonds. The van der Waals surface area contributed by atoms with Crippen LogP contribution in [0.1, 0.15) is 37.4 Å². The Kier molecular flexibility index (Phi) is 3.78. The van der Waals surface area contributed by atoms with Gasteiger partial charge in [0.15, 0.2) is 5.82 Å². The fourth-order valence-electron chi connectivity index (χ4n) is 2.94. The minimum atomic E-state index is -0.0358. The number of rotatable bonds is 3. The average molecular weight is 283 g/mol. The summed E-state index contributed by atoms with van der Waals surface area (Å²) in [4.78, 5) is 16.6. The van der Waals surface area contributed by atoms with Crippen molar-refractivity contribution in [2.45, 2.75) is 45.2 Å². The number of aromatic nitrogens is 2. The summed E-state index contributed by atoms with van der Waals surface area (Å²) in [6.45, 7) is 4.00. The van der Waals surface area contributed by atoms with Gasteiger partial charge in [-0.1, -0.05) is 24.3 Å². The van der Waals surface area contributed by atoms with Crippen LogP contribution in [-0.4, -0.2) is 15.6 Å². The first-order valence-corrected chi connectivity index (χ1v) is 7.55. The van der Waals surface area contributed by atoms with E-state index in [2.05, 4.69) is 34.6 Å². The van der Waals surface area contributed by atoms with E-state index in [1.807, 2.05) is 13.8 Å². The van der Waals surface area contributed by atoms with Crippen LogP contribution in [0.15, 0.2) is 41.5 Å². The SMILES string of the molecule is CC(C)n1ccnc(NC2CCc3ccccc3C2)c1=O. The third-order valence-corrected chi connectivity index (χ3v) is 4.11. The Hall–Kier alpha value is -2.10. The Morgan fingerprint density at radius 2 is 2.05 bits per heavy atom. The molecule has 0 saturated carbocycles. The number of hydrogen-bond acceptors (Lipinski definition) is 3. The highest BCUT2D eigenvalue weighted by Crippen LogP contribution is 2.22. The van der Waals surface area contributed by atoms with Crippen molar-refractivity contribution in [3.8, 4) is 0 Å². The van der Waals surface area contributed by atoms with E-state index < -0.39 is 0 Å². The molecule has 1 aliphatic rings. The Bertz CT molecular complexity index is 690. The van der Waals surface area contributed by atoms with Gasteiger partial charge in [-0.2, -0.15) is 0 Å². The normalized spacial score (nSPS) is 17.6. The molecule has 1 aliphatic carbocycles. The Morgan fingerprint density at radius 1 is 1.29 bits per heavy atom. The van der Waals surface area contributed by atoms with Crippen molar-refractivity contribution < 1.29 is 0 Å². The molecule has 110 valence electrons. The summed E-state index contributed by atoms with van der Waals surface area (Å²) in [6, 6.07) is 8.96. The highest BCUT2D eigenvalue weighted by atomic mass is 16.1. The van der Waals surface area contributed by atoms with Crippen LogP contribution >= 0.6 is 0 Å². The predicted molar refractivity (Wildman–Crippen MR) is 84.8 cm³/mol. The lowest BCUT2D eigenvalue weighted by Crippen LogP contribution is -2.33. The fraction of sp³-hybridized carbons (Fsp3) is 0.412. The van der Waals surface area contributed by atoms with Crippen molar-refractivity contribution in [1.82, 2.24) is 9.55 Å². The van der Waals surface area contributed by atoms with E-state index in [1.165, 1.54) is 11.1 Å². The average Bonchev–Trinajstić information content (AvgIpc) is 2.49. The summed E-state index contributed by atoms with van der Waals surface area (Å²) in [5, 5.41) is 3.34. The maximum absolute atomic E-state index is 12.4. The molecule has 1 heterocycles. The van der Waals surface area contributed by atoms with Crippen molar-refractivity contribution in [1.29, 1.82) is 0 Å². The van der Waals surface area contributed by atoms with E-state index in [0.717, 1.165) is 19.3 Å². The number of anilines is 1. The van der Waals surface area contributed by atoms with E-state index in [1.54, 1.807) is 17.0 Å². The Balaban J connectivity index is 1.80. The second-order valence-corrected chi connectivity index (χ2v) is 5.93.